The van der Waals surface area contributed by atoms with E-state index in [1.165, 1.54) is 0 Å². The lowest BCUT2D eigenvalue weighted by atomic mass is 9.93. The number of hydrogen-bond acceptors (Lipinski definition) is 4. The van der Waals surface area contributed by atoms with Crippen LogP contribution >= 0.6 is 0 Å². The Hall–Kier alpha value is 0.288. The lowest BCUT2D eigenvalue weighted by molar-refractivity contribution is -0.0106. The molecule has 0 radical (unpaired) electrons. The fourth-order valence-corrected chi connectivity index (χ4v) is 28.0. The summed E-state index contributed by atoms with van der Waals surface area (Å²) in [7, 11) is -9.04. The highest BCUT2D eigenvalue weighted by Crippen LogP contribution is 2.50. The maximum atomic E-state index is 8.01. The van der Waals surface area contributed by atoms with E-state index in [4.69, 9.17) is 24.3 Å². The minimum atomic E-state index is -2.39. The highest BCUT2D eigenvalue weighted by molar-refractivity contribution is 6.79. The van der Waals surface area contributed by atoms with Gasteiger partial charge in [-0.1, -0.05) is 159 Å². The first-order chi connectivity index (χ1) is 22.3. The van der Waals surface area contributed by atoms with Crippen molar-refractivity contribution in [1.82, 2.24) is 0 Å². The van der Waals surface area contributed by atoms with Gasteiger partial charge in [0.15, 0.2) is 8.32 Å². The van der Waals surface area contributed by atoms with Crippen molar-refractivity contribution >= 4 is 33.3 Å². The van der Waals surface area contributed by atoms with Crippen molar-refractivity contribution in [2.45, 2.75) is 252 Å². The summed E-state index contributed by atoms with van der Waals surface area (Å²) >= 11 is 0. The maximum Gasteiger partial charge on any atom is 0.258 e. The molecule has 0 aromatic heterocycles. The summed E-state index contributed by atoms with van der Waals surface area (Å²) in [6.45, 7) is 64.4. The zero-order valence-electron chi connectivity index (χ0n) is 38.6. The summed E-state index contributed by atoms with van der Waals surface area (Å²) in [5.74, 6) is 0.996. The monoisotopic (exact) mass is 773 g/mol. The van der Waals surface area contributed by atoms with Crippen LogP contribution in [-0.4, -0.2) is 51.6 Å². The summed E-state index contributed by atoms with van der Waals surface area (Å²) in [5, 5.41) is 0.151. The molecule has 0 unspecified atom stereocenters. The molecule has 0 bridgehead atoms. The van der Waals surface area contributed by atoms with Crippen molar-refractivity contribution in [2.24, 2.45) is 5.92 Å². The lowest BCUT2D eigenvalue weighted by Crippen LogP contribution is -2.59. The highest BCUT2D eigenvalue weighted by Gasteiger charge is 2.55. The molecule has 0 saturated carbocycles. The van der Waals surface area contributed by atoms with Gasteiger partial charge in [0.1, 0.15) is 11.9 Å². The third kappa shape index (κ3) is 11.0. The Kier molecular flexibility index (Phi) is 19.3. The second-order valence-electron chi connectivity index (χ2n) is 20.5. The minimum Gasteiger partial charge on any atom is -0.544 e. The van der Waals surface area contributed by atoms with E-state index in [1.54, 1.807) is 0 Å². The fraction of sp³-hybridized carbons (Fsp3) is 0.952. The Balaban J connectivity index is 7.98. The molecular weight excluding hydrogens is 681 g/mol. The predicted octanol–water partition coefficient (Wildman–Crippen LogP) is 15.3. The van der Waals surface area contributed by atoms with Crippen LogP contribution in [0.2, 0.25) is 68.0 Å². The van der Waals surface area contributed by atoms with Gasteiger partial charge in [-0.25, -0.2) is 0 Å². The van der Waals surface area contributed by atoms with Gasteiger partial charge >= 0.3 is 0 Å². The molecule has 0 rings (SSSR count). The number of hydrogen-bond donors (Lipinski definition) is 0. The molecule has 300 valence electrons. The lowest BCUT2D eigenvalue weighted by Gasteiger charge is -2.52. The van der Waals surface area contributed by atoms with Crippen LogP contribution in [0.15, 0.2) is 12.3 Å². The Morgan fingerprint density at radius 2 is 0.780 bits per heavy atom. The van der Waals surface area contributed by atoms with Gasteiger partial charge in [-0.05, 0) is 87.3 Å². The van der Waals surface area contributed by atoms with E-state index in [9.17, 15) is 0 Å². The molecule has 8 heteroatoms. The van der Waals surface area contributed by atoms with E-state index in [2.05, 4.69) is 172 Å². The van der Waals surface area contributed by atoms with Crippen LogP contribution in [0.3, 0.4) is 0 Å². The SMILES string of the molecule is C=C(O[Si](C(C)C)(C(C)C)C(C)C)[C@H](O[Si](C(C)C)(C(C)C)C(C)C)[C@@H](O[Si](C(C)C)(C(C)C)C(C)C)[C@H](C)C[C@H](C)O[Si](C)(C)C(C)(C)C. The first-order valence-electron chi connectivity index (χ1n) is 20.7. The van der Waals surface area contributed by atoms with Crippen LogP contribution in [0, 0.1) is 5.92 Å². The molecule has 0 aliphatic heterocycles. The van der Waals surface area contributed by atoms with E-state index in [1.807, 2.05) is 0 Å². The summed E-state index contributed by atoms with van der Waals surface area (Å²) in [6.07, 6.45) is 0.477. The summed E-state index contributed by atoms with van der Waals surface area (Å²) < 4.78 is 30.6. The molecule has 0 aliphatic rings. The van der Waals surface area contributed by atoms with Crippen LogP contribution in [0.4, 0.5) is 0 Å². The van der Waals surface area contributed by atoms with Gasteiger partial charge < -0.3 is 17.7 Å². The second kappa shape index (κ2) is 19.2. The molecule has 0 amide bonds. The van der Waals surface area contributed by atoms with E-state index in [0.717, 1.165) is 12.2 Å². The number of rotatable bonds is 22. The van der Waals surface area contributed by atoms with Crippen molar-refractivity contribution in [1.29, 1.82) is 0 Å². The van der Waals surface area contributed by atoms with Crippen molar-refractivity contribution in [2.75, 3.05) is 0 Å². The zero-order chi connectivity index (χ0) is 40.1. The zero-order valence-corrected chi connectivity index (χ0v) is 42.6. The molecule has 0 spiro atoms. The van der Waals surface area contributed by atoms with Crippen molar-refractivity contribution in [3.63, 3.8) is 0 Å². The molecule has 50 heavy (non-hydrogen) atoms. The quantitative estimate of drug-likeness (QED) is 0.0811. The third-order valence-electron chi connectivity index (χ3n) is 13.3. The van der Waals surface area contributed by atoms with Crippen LogP contribution in [0.1, 0.15) is 166 Å². The van der Waals surface area contributed by atoms with Crippen LogP contribution in [0.5, 0.6) is 0 Å². The Labute approximate surface area is 319 Å². The van der Waals surface area contributed by atoms with Gasteiger partial charge in [0.05, 0.1) is 6.10 Å². The molecule has 0 aromatic rings. The molecule has 4 nitrogen and oxygen atoms in total. The van der Waals surface area contributed by atoms with Crippen LogP contribution in [-0.2, 0) is 17.7 Å². The van der Waals surface area contributed by atoms with Gasteiger partial charge in [-0.3, -0.25) is 0 Å². The first kappa shape index (κ1) is 50.3. The van der Waals surface area contributed by atoms with Crippen molar-refractivity contribution < 1.29 is 17.7 Å². The highest BCUT2D eigenvalue weighted by atomic mass is 28.4. The standard InChI is InChI=1S/C42H92O4Si4/c1-28(2)48(29(3)4,30(5)6)44-39(21)41(46-50(34(13)14,35(15)16)36(17)18)40(45-49(31(7)8,32(9)10)33(11)12)37(19)27-38(20)43-47(25,26)42(22,23)24/h28-38,40-41H,21,27H2,1-20,22-26H3/t37-,38+,40+,41+/m1/s1. The topological polar surface area (TPSA) is 36.9 Å². The Morgan fingerprint density at radius 1 is 0.480 bits per heavy atom. The molecule has 0 aromatic carbocycles. The molecule has 4 atom stereocenters. The minimum absolute atomic E-state index is 0.109. The largest absolute Gasteiger partial charge is 0.544 e. The molecule has 0 heterocycles. The van der Waals surface area contributed by atoms with Crippen molar-refractivity contribution in [3.8, 4) is 0 Å². The normalized spacial score (nSPS) is 17.0. The third-order valence-corrected chi connectivity index (χ3v) is 36.1. The first-order valence-corrected chi connectivity index (χ1v) is 30.1. The van der Waals surface area contributed by atoms with Gasteiger partial charge in [0.2, 0.25) is 16.6 Å². The van der Waals surface area contributed by atoms with Gasteiger partial charge in [-0.15, -0.1) is 0 Å². The summed E-state index contributed by atoms with van der Waals surface area (Å²) in [5.41, 5.74) is 3.95. The molecular formula is C42H92O4Si4. The van der Waals surface area contributed by atoms with E-state index >= 15 is 0 Å². The summed E-state index contributed by atoms with van der Waals surface area (Å²) in [4.78, 5) is 0. The van der Waals surface area contributed by atoms with Crippen molar-refractivity contribution in [3.05, 3.63) is 12.3 Å². The van der Waals surface area contributed by atoms with E-state index in [0.29, 0.717) is 49.9 Å². The summed E-state index contributed by atoms with van der Waals surface area (Å²) in [6, 6.07) is 0. The average molecular weight is 774 g/mol. The average Bonchev–Trinajstić information content (AvgIpc) is 2.90. The second-order valence-corrected chi connectivity index (χ2v) is 41.5. The van der Waals surface area contributed by atoms with Gasteiger partial charge in [0, 0.05) is 6.10 Å². The van der Waals surface area contributed by atoms with Gasteiger partial charge in [-0.2, -0.15) is 0 Å². The predicted molar refractivity (Wildman–Crippen MR) is 235 cm³/mol. The van der Waals surface area contributed by atoms with Crippen LogP contribution < -0.4 is 0 Å². The Bertz CT molecular complexity index is 944. The Morgan fingerprint density at radius 3 is 1.06 bits per heavy atom. The van der Waals surface area contributed by atoms with E-state index < -0.39 is 33.3 Å². The molecule has 0 saturated heterocycles. The van der Waals surface area contributed by atoms with E-state index in [-0.39, 0.29) is 29.3 Å². The van der Waals surface area contributed by atoms with Crippen LogP contribution in [0.25, 0.3) is 0 Å². The maximum absolute atomic E-state index is 8.01. The molecule has 0 fully saturated rings. The molecule has 0 N–H and O–H groups in total. The fourth-order valence-electron chi connectivity index (χ4n) is 10.1. The molecule has 0 aliphatic carbocycles. The van der Waals surface area contributed by atoms with Gasteiger partial charge in [0.25, 0.3) is 8.32 Å². The smallest absolute Gasteiger partial charge is 0.258 e.